The van der Waals surface area contributed by atoms with Crippen LogP contribution >= 0.6 is 0 Å². The second kappa shape index (κ2) is 10.9. The number of esters is 1. The van der Waals surface area contributed by atoms with Crippen molar-refractivity contribution in [1.29, 1.82) is 0 Å². The second-order valence-corrected chi connectivity index (χ2v) is 16.4. The number of benzene rings is 1. The third-order valence-corrected chi connectivity index (χ3v) is 7.99. The first kappa shape index (κ1) is 26.9. The van der Waals surface area contributed by atoms with E-state index in [4.69, 9.17) is 28.4 Å². The molecule has 8 nitrogen and oxygen atoms in total. The van der Waals surface area contributed by atoms with Crippen LogP contribution < -0.4 is 9.47 Å². The molecular weight excluding hydrogens is 456 g/mol. The lowest BCUT2D eigenvalue weighted by molar-refractivity contribution is -0.149. The van der Waals surface area contributed by atoms with Gasteiger partial charge >= 0.3 is 5.97 Å². The molecule has 2 unspecified atom stereocenters. The third-order valence-electron chi connectivity index (χ3n) is 6.29. The van der Waals surface area contributed by atoms with Gasteiger partial charge in [0.1, 0.15) is 23.2 Å². The molecule has 1 saturated carbocycles. The third kappa shape index (κ3) is 6.94. The molecule has 0 amide bonds. The van der Waals surface area contributed by atoms with Crippen LogP contribution in [-0.4, -0.2) is 71.4 Å². The Morgan fingerprint density at radius 3 is 2.50 bits per heavy atom. The number of carbonyl (C=O) groups is 1. The van der Waals surface area contributed by atoms with E-state index in [2.05, 4.69) is 19.6 Å². The van der Waals surface area contributed by atoms with Gasteiger partial charge in [-0.05, 0) is 56.2 Å². The van der Waals surface area contributed by atoms with E-state index in [1.807, 2.05) is 19.9 Å². The Hall–Kier alpha value is -1.65. The Kier molecular flexibility index (Phi) is 8.68. The van der Waals surface area contributed by atoms with Crippen molar-refractivity contribution in [1.82, 2.24) is 0 Å². The van der Waals surface area contributed by atoms with Gasteiger partial charge in [0.15, 0.2) is 12.6 Å². The zero-order valence-electron chi connectivity index (χ0n) is 21.5. The Labute approximate surface area is 203 Å². The molecule has 1 aromatic carbocycles. The number of methoxy groups -OCH3 is 2. The molecule has 3 rings (SSSR count). The van der Waals surface area contributed by atoms with Crippen LogP contribution in [0.25, 0.3) is 0 Å². The van der Waals surface area contributed by atoms with E-state index in [0.717, 1.165) is 24.4 Å². The number of rotatable bonds is 12. The number of hydrogen-bond donors (Lipinski definition) is 1. The highest BCUT2D eigenvalue weighted by Crippen LogP contribution is 2.54. The first-order chi connectivity index (χ1) is 16.0. The summed E-state index contributed by atoms with van der Waals surface area (Å²) in [4.78, 5) is 13.3. The van der Waals surface area contributed by atoms with Crippen molar-refractivity contribution in [2.45, 2.75) is 76.3 Å². The van der Waals surface area contributed by atoms with Crippen molar-refractivity contribution in [2.75, 3.05) is 34.2 Å². The number of hydrogen-bond acceptors (Lipinski definition) is 8. The predicted octanol–water partition coefficient (Wildman–Crippen LogP) is 4.18. The zero-order valence-corrected chi connectivity index (χ0v) is 22.5. The Morgan fingerprint density at radius 1 is 1.18 bits per heavy atom. The fourth-order valence-corrected chi connectivity index (χ4v) is 5.16. The highest BCUT2D eigenvalue weighted by atomic mass is 28.3. The minimum Gasteiger partial charge on any atom is -0.497 e. The molecule has 34 heavy (non-hydrogen) atoms. The number of ether oxygens (including phenoxy) is 6. The lowest BCUT2D eigenvalue weighted by Crippen LogP contribution is -2.26. The maximum absolute atomic E-state index is 13.3. The number of aliphatic hydroxyl groups is 1. The lowest BCUT2D eigenvalue weighted by Gasteiger charge is -2.19. The van der Waals surface area contributed by atoms with Gasteiger partial charge in [-0.2, -0.15) is 0 Å². The number of carbonyl (C=O) groups excluding carboxylic acids is 1. The average Bonchev–Trinajstić information content (AvgIpc) is 3.45. The molecule has 1 aliphatic carbocycles. The van der Waals surface area contributed by atoms with Crippen LogP contribution in [0.15, 0.2) is 12.1 Å². The van der Waals surface area contributed by atoms with Crippen molar-refractivity contribution in [3.8, 4) is 11.5 Å². The Balaban J connectivity index is 1.83. The van der Waals surface area contributed by atoms with Gasteiger partial charge in [-0.15, -0.1) is 0 Å². The zero-order chi connectivity index (χ0) is 25.1. The minimum atomic E-state index is -1.35. The van der Waals surface area contributed by atoms with Gasteiger partial charge in [0.25, 0.3) is 0 Å². The number of aliphatic hydroxyl groups excluding tert-OH is 1. The van der Waals surface area contributed by atoms with Crippen LogP contribution in [0.5, 0.6) is 11.5 Å². The van der Waals surface area contributed by atoms with Gasteiger partial charge in [-0.3, -0.25) is 0 Å². The van der Waals surface area contributed by atoms with E-state index < -0.39 is 13.9 Å². The van der Waals surface area contributed by atoms with Gasteiger partial charge < -0.3 is 33.5 Å². The maximum Gasteiger partial charge on any atom is 0.342 e. The summed E-state index contributed by atoms with van der Waals surface area (Å²) in [6.07, 6.45) is 1.07. The van der Waals surface area contributed by atoms with Crippen LogP contribution in [0, 0.1) is 5.92 Å². The molecule has 2 aliphatic rings. The average molecular weight is 497 g/mol. The molecule has 2 fully saturated rings. The molecule has 192 valence electrons. The summed E-state index contributed by atoms with van der Waals surface area (Å²) in [5, 5.41) is 9.72. The first-order valence-corrected chi connectivity index (χ1v) is 15.7. The Bertz CT molecular complexity index is 850. The predicted molar refractivity (Wildman–Crippen MR) is 130 cm³/mol. The summed E-state index contributed by atoms with van der Waals surface area (Å²) in [5.41, 5.74) is 1.29. The van der Waals surface area contributed by atoms with E-state index in [1.165, 1.54) is 7.11 Å². The topological polar surface area (TPSA) is 92.7 Å². The van der Waals surface area contributed by atoms with Gasteiger partial charge in [0.05, 0.1) is 26.4 Å². The van der Waals surface area contributed by atoms with E-state index >= 15 is 0 Å². The monoisotopic (exact) mass is 496 g/mol. The van der Waals surface area contributed by atoms with Crippen molar-refractivity contribution < 1.29 is 38.3 Å². The van der Waals surface area contributed by atoms with Gasteiger partial charge in [-0.25, -0.2) is 4.79 Å². The largest absolute Gasteiger partial charge is 0.497 e. The van der Waals surface area contributed by atoms with E-state index in [-0.39, 0.29) is 43.4 Å². The van der Waals surface area contributed by atoms with Crippen LogP contribution in [0.3, 0.4) is 0 Å². The summed E-state index contributed by atoms with van der Waals surface area (Å²) < 4.78 is 33.9. The summed E-state index contributed by atoms with van der Waals surface area (Å²) >= 11 is 0. The molecule has 1 heterocycles. The molecular formula is C25H40O8Si. The first-order valence-electron chi connectivity index (χ1n) is 11.9. The van der Waals surface area contributed by atoms with Crippen LogP contribution in [0.1, 0.15) is 48.5 Å². The highest BCUT2D eigenvalue weighted by molar-refractivity contribution is 6.76. The molecule has 1 aliphatic heterocycles. The van der Waals surface area contributed by atoms with Crippen molar-refractivity contribution in [3.63, 3.8) is 0 Å². The molecule has 1 N–H and O–H groups in total. The lowest BCUT2D eigenvalue weighted by atomic mass is 9.98. The Morgan fingerprint density at radius 2 is 1.88 bits per heavy atom. The highest BCUT2D eigenvalue weighted by Gasteiger charge is 2.48. The molecule has 0 radical (unpaired) electrons. The minimum absolute atomic E-state index is 0.0103. The van der Waals surface area contributed by atoms with Crippen LogP contribution in [0.4, 0.5) is 0 Å². The fourth-order valence-electron chi connectivity index (χ4n) is 4.45. The van der Waals surface area contributed by atoms with Crippen molar-refractivity contribution in [3.05, 3.63) is 23.3 Å². The summed E-state index contributed by atoms with van der Waals surface area (Å²) in [6, 6.07) is 4.49. The van der Waals surface area contributed by atoms with E-state index in [9.17, 15) is 9.90 Å². The van der Waals surface area contributed by atoms with Gasteiger partial charge in [-0.1, -0.05) is 19.6 Å². The quantitative estimate of drug-likeness (QED) is 0.262. The van der Waals surface area contributed by atoms with Crippen molar-refractivity contribution in [2.24, 2.45) is 5.92 Å². The molecule has 4 atom stereocenters. The van der Waals surface area contributed by atoms with Crippen LogP contribution in [-0.2, 0) is 18.9 Å². The molecule has 1 saturated heterocycles. The van der Waals surface area contributed by atoms with Gasteiger partial charge in [0, 0.05) is 21.3 Å². The molecule has 0 bridgehead atoms. The maximum atomic E-state index is 13.3. The molecule has 1 aromatic rings. The second-order valence-electron chi connectivity index (χ2n) is 10.8. The SMILES string of the molecule is COCOc1cc(OC)cc(C2CC2C[C@@H]2OC(C)(C)O[C@@H]2CO)c1C(=O)OCC[Si](C)(C)C. The normalized spacial score (nSPS) is 25.8. The fraction of sp³-hybridized carbons (Fsp3) is 0.720. The molecule has 0 aromatic heterocycles. The van der Waals surface area contributed by atoms with Gasteiger partial charge in [0.2, 0.25) is 0 Å². The standard InChI is InChI=1S/C25H40O8Si/c1-25(2)32-20(22(14-26)33-25)11-16-10-18(16)19-12-17(29-4)13-21(31-15-28-3)23(19)24(27)30-8-9-34(5,6)7/h12-13,16,18,20,22,26H,8-11,14-15H2,1-7H3/t16?,18?,20-,22+/m0/s1. The van der Waals surface area contributed by atoms with E-state index in [0.29, 0.717) is 23.7 Å². The van der Waals surface area contributed by atoms with Crippen molar-refractivity contribution >= 4 is 14.0 Å². The summed E-state index contributed by atoms with van der Waals surface area (Å²) in [6.45, 7) is 10.8. The van der Waals surface area contributed by atoms with Crippen LogP contribution in [0.2, 0.25) is 25.7 Å². The van der Waals surface area contributed by atoms with E-state index in [1.54, 1.807) is 13.2 Å². The summed E-state index contributed by atoms with van der Waals surface area (Å²) in [7, 11) is 1.78. The molecule has 0 spiro atoms. The smallest absolute Gasteiger partial charge is 0.342 e. The summed E-state index contributed by atoms with van der Waals surface area (Å²) in [5.74, 6) is 0.321. The molecule has 9 heteroatoms.